The number of ether oxygens (including phenoxy) is 1. The number of carbonyl (C=O) groups excluding carboxylic acids is 2. The van der Waals surface area contributed by atoms with E-state index in [0.29, 0.717) is 6.42 Å². The SMILES string of the molecule is CC(C)(C)OC(=O)N1C2CCC(C2)C1C(=O)NC(N)Cc1ccc(-c2cccc(N)c2)cc1. The van der Waals surface area contributed by atoms with Crippen LogP contribution in [0.15, 0.2) is 48.5 Å². The van der Waals surface area contributed by atoms with E-state index < -0.39 is 23.9 Å². The van der Waals surface area contributed by atoms with Gasteiger partial charge in [0.15, 0.2) is 0 Å². The second-order valence-corrected chi connectivity index (χ2v) is 10.2. The second-order valence-electron chi connectivity index (χ2n) is 10.2. The molecule has 7 nitrogen and oxygen atoms in total. The minimum absolute atomic E-state index is 0.0661. The highest BCUT2D eigenvalue weighted by Gasteiger charge is 2.52. The molecule has 4 rings (SSSR count). The maximum Gasteiger partial charge on any atom is 0.411 e. The molecule has 2 aliphatic rings. The number of likely N-dealkylation sites (tertiary alicyclic amines) is 1. The molecule has 33 heavy (non-hydrogen) atoms. The number of fused-ring (bicyclic) bond motifs is 2. The molecular formula is C26H34N4O3. The van der Waals surface area contributed by atoms with Crippen molar-refractivity contribution in [3.05, 3.63) is 54.1 Å². The van der Waals surface area contributed by atoms with Crippen molar-refractivity contribution in [3.63, 3.8) is 0 Å². The van der Waals surface area contributed by atoms with Crippen LogP contribution in [0.5, 0.6) is 0 Å². The number of rotatable bonds is 5. The number of anilines is 1. The Balaban J connectivity index is 1.38. The molecule has 1 heterocycles. The van der Waals surface area contributed by atoms with Crippen LogP contribution in [0.1, 0.15) is 45.6 Å². The van der Waals surface area contributed by atoms with Gasteiger partial charge in [0.1, 0.15) is 11.6 Å². The molecule has 0 aromatic heterocycles. The lowest BCUT2D eigenvalue weighted by atomic mass is 9.97. The fraction of sp³-hybridized carbons (Fsp3) is 0.462. The lowest BCUT2D eigenvalue weighted by Gasteiger charge is -2.36. The zero-order valence-corrected chi connectivity index (χ0v) is 19.6. The molecule has 1 aliphatic heterocycles. The summed E-state index contributed by atoms with van der Waals surface area (Å²) in [5, 5.41) is 2.93. The molecule has 4 unspecified atom stereocenters. The number of nitrogen functional groups attached to an aromatic ring is 1. The van der Waals surface area contributed by atoms with Gasteiger partial charge in [0.25, 0.3) is 0 Å². The van der Waals surface area contributed by atoms with Crippen molar-refractivity contribution >= 4 is 17.7 Å². The van der Waals surface area contributed by atoms with E-state index in [9.17, 15) is 9.59 Å². The number of piperidine rings is 1. The summed E-state index contributed by atoms with van der Waals surface area (Å²) in [4.78, 5) is 27.6. The predicted octanol–water partition coefficient (Wildman–Crippen LogP) is 3.67. The van der Waals surface area contributed by atoms with Crippen LogP contribution in [0.4, 0.5) is 10.5 Å². The molecule has 2 bridgehead atoms. The van der Waals surface area contributed by atoms with Gasteiger partial charge in [-0.3, -0.25) is 9.69 Å². The van der Waals surface area contributed by atoms with Crippen LogP contribution in [0.2, 0.25) is 0 Å². The van der Waals surface area contributed by atoms with Crippen molar-refractivity contribution in [1.29, 1.82) is 0 Å². The van der Waals surface area contributed by atoms with Gasteiger partial charge in [-0.05, 0) is 74.8 Å². The number of hydrogen-bond donors (Lipinski definition) is 3. The molecule has 0 spiro atoms. The highest BCUT2D eigenvalue weighted by Crippen LogP contribution is 2.43. The standard InChI is InChI=1S/C26H34N4O3/c1-26(2,3)33-25(32)30-21-12-11-19(15-21)23(30)24(31)29-22(28)13-16-7-9-17(10-8-16)18-5-4-6-20(27)14-18/h4-10,14,19,21-23H,11-13,15,27-28H2,1-3H3,(H,29,31). The van der Waals surface area contributed by atoms with Gasteiger partial charge in [-0.15, -0.1) is 0 Å². The number of carbonyl (C=O) groups is 2. The largest absolute Gasteiger partial charge is 0.444 e. The Morgan fingerprint density at radius 2 is 1.85 bits per heavy atom. The molecule has 4 atom stereocenters. The maximum absolute atomic E-state index is 13.1. The average molecular weight is 451 g/mol. The molecule has 1 saturated heterocycles. The smallest absolute Gasteiger partial charge is 0.411 e. The van der Waals surface area contributed by atoms with E-state index in [1.54, 1.807) is 4.90 Å². The molecule has 2 aromatic rings. The lowest BCUT2D eigenvalue weighted by molar-refractivity contribution is -0.128. The van der Waals surface area contributed by atoms with Crippen molar-refractivity contribution in [3.8, 4) is 11.1 Å². The molecular weight excluding hydrogens is 416 g/mol. The van der Waals surface area contributed by atoms with Gasteiger partial charge in [-0.25, -0.2) is 4.79 Å². The van der Waals surface area contributed by atoms with E-state index in [2.05, 4.69) is 5.32 Å². The molecule has 7 heteroatoms. The third-order valence-electron chi connectivity index (χ3n) is 6.42. The summed E-state index contributed by atoms with van der Waals surface area (Å²) in [5.74, 6) is -0.0377. The van der Waals surface area contributed by atoms with E-state index in [4.69, 9.17) is 16.2 Å². The number of nitrogens with one attached hydrogen (secondary N) is 1. The van der Waals surface area contributed by atoms with Crippen LogP contribution < -0.4 is 16.8 Å². The summed E-state index contributed by atoms with van der Waals surface area (Å²) in [7, 11) is 0. The monoisotopic (exact) mass is 450 g/mol. The highest BCUT2D eigenvalue weighted by molar-refractivity contribution is 5.87. The van der Waals surface area contributed by atoms with Gasteiger partial charge in [0.2, 0.25) is 5.91 Å². The first-order chi connectivity index (χ1) is 15.6. The Hall–Kier alpha value is -3.06. The Bertz CT molecular complexity index is 1010. The minimum Gasteiger partial charge on any atom is -0.444 e. The van der Waals surface area contributed by atoms with Crippen LogP contribution in [-0.4, -0.2) is 40.8 Å². The third kappa shape index (κ3) is 5.30. The molecule has 2 fully saturated rings. The van der Waals surface area contributed by atoms with E-state index in [1.165, 1.54) is 0 Å². The normalized spacial score (nSPS) is 22.8. The minimum atomic E-state index is -0.603. The first-order valence-corrected chi connectivity index (χ1v) is 11.6. The average Bonchev–Trinajstić information content (AvgIpc) is 3.34. The summed E-state index contributed by atoms with van der Waals surface area (Å²) in [6.07, 6.45) is 2.24. The Morgan fingerprint density at radius 1 is 1.12 bits per heavy atom. The quantitative estimate of drug-likeness (QED) is 0.475. The van der Waals surface area contributed by atoms with Gasteiger partial charge in [0, 0.05) is 18.2 Å². The number of hydrogen-bond acceptors (Lipinski definition) is 5. The van der Waals surface area contributed by atoms with Gasteiger partial charge in [0.05, 0.1) is 6.17 Å². The van der Waals surface area contributed by atoms with Crippen LogP contribution in [0, 0.1) is 5.92 Å². The number of benzene rings is 2. The van der Waals surface area contributed by atoms with Gasteiger partial charge in [-0.2, -0.15) is 0 Å². The second kappa shape index (κ2) is 9.06. The summed E-state index contributed by atoms with van der Waals surface area (Å²) >= 11 is 0. The fourth-order valence-corrected chi connectivity index (χ4v) is 5.03. The molecule has 1 aliphatic carbocycles. The van der Waals surface area contributed by atoms with Gasteiger partial charge >= 0.3 is 6.09 Å². The van der Waals surface area contributed by atoms with Crippen molar-refractivity contribution in [2.45, 2.75) is 70.3 Å². The summed E-state index contributed by atoms with van der Waals surface area (Å²) in [6, 6.07) is 15.4. The Morgan fingerprint density at radius 3 is 2.52 bits per heavy atom. The molecule has 2 amide bonds. The van der Waals surface area contributed by atoms with Gasteiger partial charge in [-0.1, -0.05) is 36.4 Å². The fourth-order valence-electron chi connectivity index (χ4n) is 5.03. The van der Waals surface area contributed by atoms with Crippen molar-refractivity contribution < 1.29 is 14.3 Å². The number of amides is 2. The van der Waals surface area contributed by atoms with E-state index >= 15 is 0 Å². The number of nitrogens with two attached hydrogens (primary N) is 2. The van der Waals surface area contributed by atoms with E-state index in [0.717, 1.165) is 41.6 Å². The zero-order chi connectivity index (χ0) is 23.8. The number of nitrogens with zero attached hydrogens (tertiary/aromatic N) is 1. The van der Waals surface area contributed by atoms with Crippen molar-refractivity contribution in [2.75, 3.05) is 5.73 Å². The summed E-state index contributed by atoms with van der Waals surface area (Å²) in [6.45, 7) is 5.51. The first kappa shape index (κ1) is 23.1. The molecule has 5 N–H and O–H groups in total. The van der Waals surface area contributed by atoms with Crippen LogP contribution in [0.3, 0.4) is 0 Å². The molecule has 176 valence electrons. The molecule has 0 radical (unpaired) electrons. The molecule has 1 saturated carbocycles. The van der Waals surface area contributed by atoms with Crippen LogP contribution in [0.25, 0.3) is 11.1 Å². The summed E-state index contributed by atoms with van der Waals surface area (Å²) in [5.41, 5.74) is 15.4. The zero-order valence-electron chi connectivity index (χ0n) is 19.6. The Kier molecular flexibility index (Phi) is 6.34. The lowest BCUT2D eigenvalue weighted by Crippen LogP contribution is -2.57. The Labute approximate surface area is 195 Å². The third-order valence-corrected chi connectivity index (χ3v) is 6.42. The van der Waals surface area contributed by atoms with Gasteiger partial charge < -0.3 is 21.5 Å². The van der Waals surface area contributed by atoms with Crippen LogP contribution in [-0.2, 0) is 16.0 Å². The van der Waals surface area contributed by atoms with Crippen molar-refractivity contribution in [1.82, 2.24) is 10.2 Å². The maximum atomic E-state index is 13.1. The van der Waals surface area contributed by atoms with Crippen molar-refractivity contribution in [2.24, 2.45) is 11.7 Å². The highest BCUT2D eigenvalue weighted by atomic mass is 16.6. The molecule has 2 aromatic carbocycles. The predicted molar refractivity (Wildman–Crippen MR) is 129 cm³/mol. The topological polar surface area (TPSA) is 111 Å². The van der Waals surface area contributed by atoms with Crippen LogP contribution >= 0.6 is 0 Å². The van der Waals surface area contributed by atoms with E-state index in [1.807, 2.05) is 69.3 Å². The summed E-state index contributed by atoms with van der Waals surface area (Å²) < 4.78 is 5.58. The first-order valence-electron chi connectivity index (χ1n) is 11.6. The van der Waals surface area contributed by atoms with E-state index in [-0.39, 0.29) is 17.9 Å².